The van der Waals surface area contributed by atoms with E-state index in [1.807, 2.05) is 31.9 Å². The fraction of sp³-hybridized carbons (Fsp3) is 0.500. The Bertz CT molecular complexity index is 460. The number of carbonyl (C=O) groups is 1. The number of nitrogens with zero attached hydrogens (tertiary/aromatic N) is 1. The van der Waals surface area contributed by atoms with Crippen LogP contribution in [0.4, 0.5) is 0 Å². The van der Waals surface area contributed by atoms with Gasteiger partial charge in [0, 0.05) is 18.7 Å². The number of rotatable bonds is 6. The second kappa shape index (κ2) is 6.54. The summed E-state index contributed by atoms with van der Waals surface area (Å²) < 4.78 is 5.36. The van der Waals surface area contributed by atoms with Gasteiger partial charge in [0.15, 0.2) is 0 Å². The number of methoxy groups -OCH3 is 1. The van der Waals surface area contributed by atoms with E-state index in [0.29, 0.717) is 13.1 Å². The van der Waals surface area contributed by atoms with Crippen LogP contribution in [0.3, 0.4) is 0 Å². The lowest BCUT2D eigenvalue weighted by Gasteiger charge is -2.21. The van der Waals surface area contributed by atoms with Gasteiger partial charge < -0.3 is 15.6 Å². The maximum atomic E-state index is 10.7. The van der Waals surface area contributed by atoms with Gasteiger partial charge in [0.2, 0.25) is 0 Å². The number of aryl methyl sites for hydroxylation is 2. The highest BCUT2D eigenvalue weighted by molar-refractivity contribution is 5.73. The van der Waals surface area contributed by atoms with E-state index < -0.39 is 12.0 Å². The van der Waals surface area contributed by atoms with Crippen molar-refractivity contribution in [2.75, 3.05) is 20.7 Å². The third kappa shape index (κ3) is 4.22. The molecule has 0 heterocycles. The first-order valence-corrected chi connectivity index (χ1v) is 6.16. The van der Waals surface area contributed by atoms with Crippen molar-refractivity contribution in [3.63, 3.8) is 0 Å². The fourth-order valence-corrected chi connectivity index (χ4v) is 1.93. The minimum atomic E-state index is -0.987. The molecular weight excluding hydrogens is 244 g/mol. The van der Waals surface area contributed by atoms with Gasteiger partial charge in [-0.2, -0.15) is 0 Å². The normalized spacial score (nSPS) is 12.5. The van der Waals surface area contributed by atoms with Gasteiger partial charge in [0.1, 0.15) is 11.8 Å². The number of aliphatic carboxylic acids is 1. The molecule has 0 saturated heterocycles. The lowest BCUT2D eigenvalue weighted by Crippen LogP contribution is -2.40. The number of hydrogen-bond acceptors (Lipinski definition) is 4. The largest absolute Gasteiger partial charge is 0.496 e. The first-order valence-electron chi connectivity index (χ1n) is 6.16. The number of benzene rings is 1. The molecule has 1 atom stereocenters. The van der Waals surface area contributed by atoms with Crippen LogP contribution in [0.5, 0.6) is 5.75 Å². The van der Waals surface area contributed by atoms with Crippen molar-refractivity contribution in [3.8, 4) is 5.75 Å². The Balaban J connectivity index is 2.81. The van der Waals surface area contributed by atoms with Crippen LogP contribution in [-0.2, 0) is 11.3 Å². The Morgan fingerprint density at radius 2 is 2.00 bits per heavy atom. The third-order valence-electron chi connectivity index (χ3n) is 3.16. The Morgan fingerprint density at radius 3 is 2.53 bits per heavy atom. The van der Waals surface area contributed by atoms with Crippen molar-refractivity contribution < 1.29 is 14.6 Å². The predicted molar refractivity (Wildman–Crippen MR) is 74.4 cm³/mol. The Hall–Kier alpha value is -1.59. The van der Waals surface area contributed by atoms with Gasteiger partial charge >= 0.3 is 5.97 Å². The zero-order chi connectivity index (χ0) is 14.6. The third-order valence-corrected chi connectivity index (χ3v) is 3.16. The molecule has 106 valence electrons. The smallest absolute Gasteiger partial charge is 0.321 e. The Labute approximate surface area is 114 Å². The molecule has 0 aliphatic heterocycles. The minimum absolute atomic E-state index is 0.297. The summed E-state index contributed by atoms with van der Waals surface area (Å²) in [5.74, 6) is -0.169. The standard InChI is InChI=1S/C14H22N2O3/c1-9-5-11(13(19-4)6-10(9)2)7-16(3)8-12(15)14(17)18/h5-6,12H,7-8,15H2,1-4H3,(H,17,18). The maximum absolute atomic E-state index is 10.7. The summed E-state index contributed by atoms with van der Waals surface area (Å²) >= 11 is 0. The molecule has 1 rings (SSSR count). The molecule has 5 nitrogen and oxygen atoms in total. The van der Waals surface area contributed by atoms with Crippen LogP contribution in [0.2, 0.25) is 0 Å². The van der Waals surface area contributed by atoms with E-state index in [1.165, 1.54) is 11.1 Å². The van der Waals surface area contributed by atoms with Crippen LogP contribution in [0.25, 0.3) is 0 Å². The van der Waals surface area contributed by atoms with Crippen LogP contribution < -0.4 is 10.5 Å². The molecule has 0 aromatic heterocycles. The lowest BCUT2D eigenvalue weighted by atomic mass is 10.0. The number of carboxylic acids is 1. The number of hydrogen-bond donors (Lipinski definition) is 2. The van der Waals surface area contributed by atoms with Crippen molar-refractivity contribution in [2.24, 2.45) is 5.73 Å². The van der Waals surface area contributed by atoms with Gasteiger partial charge in [0.25, 0.3) is 0 Å². The van der Waals surface area contributed by atoms with E-state index in [0.717, 1.165) is 11.3 Å². The number of carboxylic acid groups (broad SMARTS) is 1. The SMILES string of the molecule is COc1cc(C)c(C)cc1CN(C)CC(N)C(=O)O. The molecule has 0 aliphatic rings. The molecule has 0 amide bonds. The van der Waals surface area contributed by atoms with E-state index in [1.54, 1.807) is 7.11 Å². The summed E-state index contributed by atoms with van der Waals surface area (Å²) in [7, 11) is 3.48. The van der Waals surface area contributed by atoms with E-state index in [9.17, 15) is 4.79 Å². The Morgan fingerprint density at radius 1 is 1.42 bits per heavy atom. The van der Waals surface area contributed by atoms with Crippen LogP contribution >= 0.6 is 0 Å². The van der Waals surface area contributed by atoms with Gasteiger partial charge in [-0.1, -0.05) is 6.07 Å². The second-order valence-electron chi connectivity index (χ2n) is 4.89. The van der Waals surface area contributed by atoms with E-state index in [-0.39, 0.29) is 0 Å². The topological polar surface area (TPSA) is 75.8 Å². The lowest BCUT2D eigenvalue weighted by molar-refractivity contribution is -0.138. The van der Waals surface area contributed by atoms with E-state index in [2.05, 4.69) is 6.07 Å². The van der Waals surface area contributed by atoms with Gasteiger partial charge in [-0.3, -0.25) is 9.69 Å². The average molecular weight is 266 g/mol. The first-order chi connectivity index (χ1) is 8.85. The van der Waals surface area contributed by atoms with Gasteiger partial charge in [-0.05, 0) is 38.1 Å². The fourth-order valence-electron chi connectivity index (χ4n) is 1.93. The molecule has 0 saturated carbocycles. The van der Waals surface area contributed by atoms with Gasteiger partial charge in [0.05, 0.1) is 7.11 Å². The van der Waals surface area contributed by atoms with Crippen molar-refractivity contribution in [1.29, 1.82) is 0 Å². The van der Waals surface area contributed by atoms with Crippen LogP contribution in [-0.4, -0.2) is 42.7 Å². The molecule has 1 aromatic rings. The van der Waals surface area contributed by atoms with Crippen molar-refractivity contribution in [2.45, 2.75) is 26.4 Å². The second-order valence-corrected chi connectivity index (χ2v) is 4.89. The summed E-state index contributed by atoms with van der Waals surface area (Å²) in [6.45, 7) is 4.98. The number of likely N-dealkylation sites (N-methyl/N-ethyl adjacent to an activating group) is 1. The van der Waals surface area contributed by atoms with Crippen LogP contribution in [0.1, 0.15) is 16.7 Å². The Kier molecular flexibility index (Phi) is 5.32. The summed E-state index contributed by atoms with van der Waals surface area (Å²) in [5.41, 5.74) is 8.91. The van der Waals surface area contributed by atoms with E-state index >= 15 is 0 Å². The highest BCUT2D eigenvalue weighted by atomic mass is 16.5. The molecule has 0 spiro atoms. The van der Waals surface area contributed by atoms with Crippen LogP contribution in [0, 0.1) is 13.8 Å². The average Bonchev–Trinajstić information content (AvgIpc) is 2.33. The summed E-state index contributed by atoms with van der Waals surface area (Å²) in [6, 6.07) is 3.19. The summed E-state index contributed by atoms with van der Waals surface area (Å²) in [5, 5.41) is 8.80. The van der Waals surface area contributed by atoms with Crippen molar-refractivity contribution in [3.05, 3.63) is 28.8 Å². The van der Waals surface area contributed by atoms with Crippen molar-refractivity contribution in [1.82, 2.24) is 4.90 Å². The van der Waals surface area contributed by atoms with Gasteiger partial charge in [-0.15, -0.1) is 0 Å². The molecular formula is C14H22N2O3. The molecule has 1 aromatic carbocycles. The monoisotopic (exact) mass is 266 g/mol. The molecule has 0 radical (unpaired) electrons. The molecule has 1 unspecified atom stereocenters. The zero-order valence-electron chi connectivity index (χ0n) is 11.9. The molecule has 0 bridgehead atoms. The first kappa shape index (κ1) is 15.5. The van der Waals surface area contributed by atoms with Gasteiger partial charge in [-0.25, -0.2) is 0 Å². The minimum Gasteiger partial charge on any atom is -0.496 e. The molecule has 3 N–H and O–H groups in total. The van der Waals surface area contributed by atoms with Crippen molar-refractivity contribution >= 4 is 5.97 Å². The number of nitrogens with two attached hydrogens (primary N) is 1. The molecule has 5 heteroatoms. The quantitative estimate of drug-likeness (QED) is 0.808. The number of ether oxygens (including phenoxy) is 1. The van der Waals surface area contributed by atoms with Crippen LogP contribution in [0.15, 0.2) is 12.1 Å². The molecule has 19 heavy (non-hydrogen) atoms. The summed E-state index contributed by atoms with van der Waals surface area (Å²) in [6.07, 6.45) is 0. The zero-order valence-corrected chi connectivity index (χ0v) is 11.9. The predicted octanol–water partition coefficient (Wildman–Crippen LogP) is 1.16. The highest BCUT2D eigenvalue weighted by Crippen LogP contribution is 2.24. The highest BCUT2D eigenvalue weighted by Gasteiger charge is 2.15. The summed E-state index contributed by atoms with van der Waals surface area (Å²) in [4.78, 5) is 12.6. The maximum Gasteiger partial charge on any atom is 0.321 e. The molecule has 0 aliphatic carbocycles. The molecule has 0 fully saturated rings. The van der Waals surface area contributed by atoms with E-state index in [4.69, 9.17) is 15.6 Å².